The van der Waals surface area contributed by atoms with Crippen LogP contribution in [-0.2, 0) is 4.74 Å². The fourth-order valence-corrected chi connectivity index (χ4v) is 2.69. The second-order valence-electron chi connectivity index (χ2n) is 5.21. The third-order valence-electron chi connectivity index (χ3n) is 3.84. The molecule has 1 aliphatic rings. The van der Waals surface area contributed by atoms with Gasteiger partial charge in [-0.2, -0.15) is 0 Å². The zero-order valence-corrected chi connectivity index (χ0v) is 12.4. The molecule has 0 bridgehead atoms. The predicted octanol–water partition coefficient (Wildman–Crippen LogP) is 0.554. The third kappa shape index (κ3) is 4.63. The van der Waals surface area contributed by atoms with Gasteiger partial charge in [0.15, 0.2) is 5.84 Å². The van der Waals surface area contributed by atoms with Crippen LogP contribution >= 0.6 is 0 Å². The van der Waals surface area contributed by atoms with E-state index in [-0.39, 0.29) is 6.04 Å². The van der Waals surface area contributed by atoms with E-state index in [1.165, 1.54) is 0 Å². The number of oxime groups is 1. The number of nitrogens with zero attached hydrogens (tertiary/aromatic N) is 3. The van der Waals surface area contributed by atoms with E-state index < -0.39 is 0 Å². The lowest BCUT2D eigenvalue weighted by Gasteiger charge is -2.40. The maximum atomic E-state index is 8.88. The SMILES string of the molecule is CCCC(C(N)=NO)N1CCN(C(C)COC)CC1. The Kier molecular flexibility index (Phi) is 7.12. The Balaban J connectivity index is 2.51. The first-order chi connectivity index (χ1) is 9.13. The lowest BCUT2D eigenvalue weighted by atomic mass is 10.1. The molecule has 0 radical (unpaired) electrons. The topological polar surface area (TPSA) is 74.3 Å². The van der Waals surface area contributed by atoms with Gasteiger partial charge in [-0.25, -0.2) is 0 Å². The van der Waals surface area contributed by atoms with Crippen LogP contribution in [0.2, 0.25) is 0 Å². The number of amidine groups is 1. The van der Waals surface area contributed by atoms with Gasteiger partial charge in [0.1, 0.15) is 0 Å². The molecule has 0 saturated carbocycles. The minimum Gasteiger partial charge on any atom is -0.409 e. The van der Waals surface area contributed by atoms with E-state index in [2.05, 4.69) is 28.8 Å². The summed E-state index contributed by atoms with van der Waals surface area (Å²) in [6, 6.07) is 0.510. The minimum absolute atomic E-state index is 0.0647. The monoisotopic (exact) mass is 272 g/mol. The average molecular weight is 272 g/mol. The molecule has 0 aromatic rings. The molecule has 0 amide bonds. The Morgan fingerprint density at radius 2 is 1.89 bits per heavy atom. The van der Waals surface area contributed by atoms with Gasteiger partial charge < -0.3 is 15.7 Å². The summed E-state index contributed by atoms with van der Waals surface area (Å²) < 4.78 is 5.20. The van der Waals surface area contributed by atoms with Gasteiger partial charge in [0.2, 0.25) is 0 Å². The zero-order chi connectivity index (χ0) is 14.3. The summed E-state index contributed by atoms with van der Waals surface area (Å²) in [4.78, 5) is 4.74. The summed E-state index contributed by atoms with van der Waals surface area (Å²) in [5.74, 6) is 0.334. The van der Waals surface area contributed by atoms with Crippen molar-refractivity contribution >= 4 is 5.84 Å². The molecule has 0 aliphatic carbocycles. The minimum atomic E-state index is 0.0647. The van der Waals surface area contributed by atoms with Crippen LogP contribution in [0.4, 0.5) is 0 Å². The van der Waals surface area contributed by atoms with Gasteiger partial charge in [-0.15, -0.1) is 0 Å². The maximum absolute atomic E-state index is 8.88. The number of nitrogens with two attached hydrogens (primary N) is 1. The normalized spacial score (nSPS) is 22.4. The van der Waals surface area contributed by atoms with Crippen LogP contribution in [0.15, 0.2) is 5.16 Å². The van der Waals surface area contributed by atoms with Gasteiger partial charge in [0.05, 0.1) is 12.6 Å². The summed E-state index contributed by atoms with van der Waals surface area (Å²) in [5.41, 5.74) is 5.80. The van der Waals surface area contributed by atoms with Crippen LogP contribution < -0.4 is 5.73 Å². The molecular formula is C13H28N4O2. The van der Waals surface area contributed by atoms with E-state index >= 15 is 0 Å². The molecule has 2 atom stereocenters. The molecule has 112 valence electrons. The molecule has 6 nitrogen and oxygen atoms in total. The summed E-state index contributed by atoms with van der Waals surface area (Å²) in [5, 5.41) is 12.1. The first-order valence-corrected chi connectivity index (χ1v) is 7.08. The smallest absolute Gasteiger partial charge is 0.156 e. The van der Waals surface area contributed by atoms with Crippen molar-refractivity contribution in [1.29, 1.82) is 0 Å². The van der Waals surface area contributed by atoms with Gasteiger partial charge in [0.25, 0.3) is 0 Å². The number of hydrogen-bond donors (Lipinski definition) is 2. The van der Waals surface area contributed by atoms with Crippen molar-refractivity contribution in [1.82, 2.24) is 9.80 Å². The number of methoxy groups -OCH3 is 1. The Morgan fingerprint density at radius 1 is 1.32 bits per heavy atom. The third-order valence-corrected chi connectivity index (χ3v) is 3.84. The van der Waals surface area contributed by atoms with Crippen LogP contribution in [0.5, 0.6) is 0 Å². The van der Waals surface area contributed by atoms with Crippen LogP contribution in [0.25, 0.3) is 0 Å². The largest absolute Gasteiger partial charge is 0.409 e. The van der Waals surface area contributed by atoms with Crippen LogP contribution in [0.1, 0.15) is 26.7 Å². The molecule has 0 aromatic heterocycles. The zero-order valence-electron chi connectivity index (χ0n) is 12.4. The number of piperazine rings is 1. The Bertz CT molecular complexity index is 278. The van der Waals surface area contributed by atoms with E-state index in [1.807, 2.05) is 0 Å². The molecule has 19 heavy (non-hydrogen) atoms. The number of ether oxygens (including phenoxy) is 1. The lowest BCUT2D eigenvalue weighted by Crippen LogP contribution is -2.56. The second kappa shape index (κ2) is 8.35. The van der Waals surface area contributed by atoms with E-state index in [1.54, 1.807) is 7.11 Å². The average Bonchev–Trinajstić information content (AvgIpc) is 2.44. The van der Waals surface area contributed by atoms with Crippen molar-refractivity contribution < 1.29 is 9.94 Å². The standard InChI is InChI=1S/C13H28N4O2/c1-4-5-12(13(14)15-18)17-8-6-16(7-9-17)11(2)10-19-3/h11-12,18H,4-10H2,1-3H3,(H2,14,15). The van der Waals surface area contributed by atoms with Crippen LogP contribution in [-0.4, -0.2) is 72.8 Å². The first kappa shape index (κ1) is 16.2. The molecule has 6 heteroatoms. The lowest BCUT2D eigenvalue weighted by molar-refractivity contribution is 0.0496. The molecular weight excluding hydrogens is 244 g/mol. The predicted molar refractivity (Wildman–Crippen MR) is 76.6 cm³/mol. The quantitative estimate of drug-likeness (QED) is 0.306. The van der Waals surface area contributed by atoms with E-state index in [0.29, 0.717) is 11.9 Å². The van der Waals surface area contributed by atoms with Crippen LogP contribution in [0, 0.1) is 0 Å². The number of rotatable bonds is 7. The van der Waals surface area contributed by atoms with Crippen molar-refractivity contribution in [3.63, 3.8) is 0 Å². The van der Waals surface area contributed by atoms with Gasteiger partial charge in [-0.1, -0.05) is 18.5 Å². The Morgan fingerprint density at radius 3 is 2.37 bits per heavy atom. The number of hydrogen-bond acceptors (Lipinski definition) is 5. The van der Waals surface area contributed by atoms with Gasteiger partial charge in [0, 0.05) is 39.3 Å². The Hall–Kier alpha value is -0.850. The van der Waals surface area contributed by atoms with Gasteiger partial charge >= 0.3 is 0 Å². The highest BCUT2D eigenvalue weighted by Crippen LogP contribution is 2.13. The van der Waals surface area contributed by atoms with Crippen LogP contribution in [0.3, 0.4) is 0 Å². The molecule has 0 aromatic carbocycles. The van der Waals surface area contributed by atoms with E-state index in [9.17, 15) is 0 Å². The van der Waals surface area contributed by atoms with Crippen molar-refractivity contribution in [2.45, 2.75) is 38.8 Å². The molecule has 1 aliphatic heterocycles. The molecule has 2 unspecified atom stereocenters. The summed E-state index contributed by atoms with van der Waals surface area (Å²) >= 11 is 0. The fourth-order valence-electron chi connectivity index (χ4n) is 2.69. The maximum Gasteiger partial charge on any atom is 0.156 e. The first-order valence-electron chi connectivity index (χ1n) is 7.08. The van der Waals surface area contributed by atoms with E-state index in [4.69, 9.17) is 15.7 Å². The van der Waals surface area contributed by atoms with Crippen molar-refractivity contribution in [2.75, 3.05) is 39.9 Å². The molecule has 1 heterocycles. The summed E-state index contributed by atoms with van der Waals surface area (Å²) in [7, 11) is 1.74. The van der Waals surface area contributed by atoms with E-state index in [0.717, 1.165) is 45.6 Å². The highest BCUT2D eigenvalue weighted by atomic mass is 16.5. The molecule has 3 N–H and O–H groups in total. The van der Waals surface area contributed by atoms with Crippen molar-refractivity contribution in [2.24, 2.45) is 10.9 Å². The Labute approximate surface area is 116 Å². The van der Waals surface area contributed by atoms with Crippen molar-refractivity contribution in [3.05, 3.63) is 0 Å². The van der Waals surface area contributed by atoms with Gasteiger partial charge in [-0.05, 0) is 13.3 Å². The molecule has 0 spiro atoms. The fraction of sp³-hybridized carbons (Fsp3) is 0.923. The van der Waals surface area contributed by atoms with Crippen molar-refractivity contribution in [3.8, 4) is 0 Å². The summed E-state index contributed by atoms with van der Waals surface area (Å²) in [6.07, 6.45) is 1.96. The molecule has 1 saturated heterocycles. The highest BCUT2D eigenvalue weighted by molar-refractivity contribution is 5.85. The van der Waals surface area contributed by atoms with Gasteiger partial charge in [-0.3, -0.25) is 9.80 Å². The second-order valence-corrected chi connectivity index (χ2v) is 5.21. The molecule has 1 rings (SSSR count). The summed E-state index contributed by atoms with van der Waals surface area (Å²) in [6.45, 7) is 8.98. The highest BCUT2D eigenvalue weighted by Gasteiger charge is 2.27. The molecule has 1 fully saturated rings.